The number of halogens is 3. The smallest absolute Gasteiger partial charge is 0.396 e. The Kier molecular flexibility index (Phi) is 2.49. The highest BCUT2D eigenvalue weighted by atomic mass is 19.4. The van der Waals surface area contributed by atoms with Gasteiger partial charge in [0.2, 0.25) is 0 Å². The molecule has 1 heterocycles. The Balaban J connectivity index is 2.36. The predicted octanol–water partition coefficient (Wildman–Crippen LogP) is 2.68. The molecule has 3 nitrogen and oxygen atoms in total. The van der Waals surface area contributed by atoms with Gasteiger partial charge in [0.05, 0.1) is 18.1 Å². The maximum Gasteiger partial charge on any atom is 0.396 e. The van der Waals surface area contributed by atoms with E-state index in [2.05, 4.69) is 9.97 Å². The van der Waals surface area contributed by atoms with Crippen LogP contribution in [0.1, 0.15) is 5.82 Å². The highest BCUT2D eigenvalue weighted by Gasteiger charge is 2.29. The minimum absolute atomic E-state index is 0.0873. The first-order chi connectivity index (χ1) is 7.48. The minimum Gasteiger partial charge on any atom is -0.497 e. The second kappa shape index (κ2) is 3.70. The van der Waals surface area contributed by atoms with E-state index >= 15 is 0 Å². The van der Waals surface area contributed by atoms with Crippen molar-refractivity contribution in [2.24, 2.45) is 0 Å². The third-order valence-electron chi connectivity index (χ3n) is 2.11. The number of nitrogens with zero attached hydrogens (tertiary/aromatic N) is 1. The highest BCUT2D eigenvalue weighted by Crippen LogP contribution is 2.23. The van der Waals surface area contributed by atoms with Crippen molar-refractivity contribution in [3.8, 4) is 5.75 Å². The van der Waals surface area contributed by atoms with Gasteiger partial charge in [-0.1, -0.05) is 0 Å². The van der Waals surface area contributed by atoms with Crippen molar-refractivity contribution in [1.29, 1.82) is 0 Å². The molecule has 0 bridgehead atoms. The Morgan fingerprint density at radius 3 is 2.75 bits per heavy atom. The fraction of sp³-hybridized carbons (Fsp3) is 0.300. The van der Waals surface area contributed by atoms with Crippen molar-refractivity contribution in [1.82, 2.24) is 9.97 Å². The first-order valence-electron chi connectivity index (χ1n) is 4.57. The van der Waals surface area contributed by atoms with E-state index in [9.17, 15) is 13.2 Å². The molecule has 0 saturated carbocycles. The lowest BCUT2D eigenvalue weighted by molar-refractivity contribution is -0.128. The van der Waals surface area contributed by atoms with Gasteiger partial charge in [0, 0.05) is 6.07 Å². The molecule has 0 amide bonds. The molecular formula is C10H9F3N2O. The van der Waals surface area contributed by atoms with Crippen molar-refractivity contribution in [3.05, 3.63) is 24.0 Å². The van der Waals surface area contributed by atoms with E-state index in [1.807, 2.05) is 0 Å². The fourth-order valence-electron chi connectivity index (χ4n) is 1.44. The van der Waals surface area contributed by atoms with Crippen molar-refractivity contribution in [2.45, 2.75) is 12.6 Å². The Hall–Kier alpha value is -1.72. The van der Waals surface area contributed by atoms with Crippen LogP contribution in [0.4, 0.5) is 13.2 Å². The molecule has 0 radical (unpaired) electrons. The first kappa shape index (κ1) is 10.8. The molecule has 1 aromatic carbocycles. The number of ether oxygens (including phenoxy) is 1. The summed E-state index contributed by atoms with van der Waals surface area (Å²) in [7, 11) is 1.49. The molecule has 0 spiro atoms. The number of aromatic nitrogens is 2. The normalized spacial score (nSPS) is 12.0. The molecule has 0 unspecified atom stereocenters. The summed E-state index contributed by atoms with van der Waals surface area (Å²) < 4.78 is 41.4. The van der Waals surface area contributed by atoms with Gasteiger partial charge in [-0.15, -0.1) is 0 Å². The summed E-state index contributed by atoms with van der Waals surface area (Å²) >= 11 is 0. The standard InChI is InChI=1S/C10H9F3N2O/c1-16-6-2-3-7-8(4-6)15-9(14-7)5-10(11,12)13/h2-4H,5H2,1H3,(H,14,15). The van der Waals surface area contributed by atoms with Crippen LogP contribution in [0.15, 0.2) is 18.2 Å². The SMILES string of the molecule is COc1ccc2nc(CC(F)(F)F)[nH]c2c1. The summed E-state index contributed by atoms with van der Waals surface area (Å²) in [5.41, 5.74) is 1.04. The van der Waals surface area contributed by atoms with Crippen LogP contribution in [0.25, 0.3) is 11.0 Å². The molecule has 2 aromatic rings. The zero-order valence-electron chi connectivity index (χ0n) is 8.43. The molecule has 86 valence electrons. The van der Waals surface area contributed by atoms with Gasteiger partial charge in [-0.25, -0.2) is 4.98 Å². The van der Waals surface area contributed by atoms with E-state index in [0.29, 0.717) is 16.8 Å². The number of alkyl halides is 3. The second-order valence-electron chi connectivity index (χ2n) is 3.36. The molecule has 0 aliphatic heterocycles. The number of rotatable bonds is 2. The van der Waals surface area contributed by atoms with E-state index in [4.69, 9.17) is 4.74 Å². The number of benzene rings is 1. The molecule has 0 atom stereocenters. The Labute approximate surface area is 89.2 Å². The zero-order chi connectivity index (χ0) is 11.8. The maximum atomic E-state index is 12.1. The molecule has 0 fully saturated rings. The minimum atomic E-state index is -4.25. The molecular weight excluding hydrogens is 221 g/mol. The summed E-state index contributed by atoms with van der Waals surface area (Å²) in [4.78, 5) is 6.46. The molecule has 16 heavy (non-hydrogen) atoms. The third kappa shape index (κ3) is 2.26. The third-order valence-corrected chi connectivity index (χ3v) is 2.11. The summed E-state index contributed by atoms with van der Waals surface area (Å²) in [6, 6.07) is 4.88. The van der Waals surface area contributed by atoms with Gasteiger partial charge in [0.25, 0.3) is 0 Å². The average Bonchev–Trinajstić information content (AvgIpc) is 2.55. The zero-order valence-corrected chi connectivity index (χ0v) is 8.43. The average molecular weight is 230 g/mol. The maximum absolute atomic E-state index is 12.1. The number of methoxy groups -OCH3 is 1. The van der Waals surface area contributed by atoms with Crippen LogP contribution in [-0.4, -0.2) is 23.3 Å². The van der Waals surface area contributed by atoms with Gasteiger partial charge >= 0.3 is 6.18 Å². The summed E-state index contributed by atoms with van der Waals surface area (Å²) in [6.07, 6.45) is -5.30. The van der Waals surface area contributed by atoms with Crippen LogP contribution < -0.4 is 4.74 Å². The van der Waals surface area contributed by atoms with Gasteiger partial charge in [-0.2, -0.15) is 13.2 Å². The molecule has 0 aliphatic carbocycles. The number of H-pyrrole nitrogens is 1. The fourth-order valence-corrected chi connectivity index (χ4v) is 1.44. The molecule has 0 aliphatic rings. The van der Waals surface area contributed by atoms with Gasteiger partial charge in [0.15, 0.2) is 0 Å². The van der Waals surface area contributed by atoms with E-state index in [-0.39, 0.29) is 5.82 Å². The first-order valence-corrected chi connectivity index (χ1v) is 4.57. The van der Waals surface area contributed by atoms with Gasteiger partial charge in [-0.05, 0) is 12.1 Å². The quantitative estimate of drug-likeness (QED) is 0.861. The molecule has 1 aromatic heterocycles. The van der Waals surface area contributed by atoms with Crippen LogP contribution in [-0.2, 0) is 6.42 Å². The van der Waals surface area contributed by atoms with Crippen molar-refractivity contribution >= 4 is 11.0 Å². The lowest BCUT2D eigenvalue weighted by Crippen LogP contribution is -2.12. The number of aromatic amines is 1. The van der Waals surface area contributed by atoms with Crippen LogP contribution in [0.3, 0.4) is 0 Å². The second-order valence-corrected chi connectivity index (χ2v) is 3.36. The molecule has 2 rings (SSSR count). The lowest BCUT2D eigenvalue weighted by Gasteiger charge is -2.01. The predicted molar refractivity (Wildman–Crippen MR) is 52.4 cm³/mol. The Morgan fingerprint density at radius 1 is 1.38 bits per heavy atom. The molecule has 1 N–H and O–H groups in total. The van der Waals surface area contributed by atoms with E-state index in [1.165, 1.54) is 7.11 Å². The molecule has 6 heteroatoms. The van der Waals surface area contributed by atoms with Crippen molar-refractivity contribution in [2.75, 3.05) is 7.11 Å². The van der Waals surface area contributed by atoms with Crippen molar-refractivity contribution in [3.63, 3.8) is 0 Å². The monoisotopic (exact) mass is 230 g/mol. The Bertz CT molecular complexity index is 504. The molecule has 0 saturated heterocycles. The largest absolute Gasteiger partial charge is 0.497 e. The van der Waals surface area contributed by atoms with E-state index < -0.39 is 12.6 Å². The van der Waals surface area contributed by atoms with Crippen LogP contribution >= 0.6 is 0 Å². The number of fused-ring (bicyclic) bond motifs is 1. The van der Waals surface area contributed by atoms with Crippen LogP contribution in [0, 0.1) is 0 Å². The number of hydrogen-bond donors (Lipinski definition) is 1. The Morgan fingerprint density at radius 2 is 2.12 bits per heavy atom. The van der Waals surface area contributed by atoms with Gasteiger partial charge in [-0.3, -0.25) is 0 Å². The number of hydrogen-bond acceptors (Lipinski definition) is 2. The lowest BCUT2D eigenvalue weighted by atomic mass is 10.3. The van der Waals surface area contributed by atoms with Crippen LogP contribution in [0.2, 0.25) is 0 Å². The van der Waals surface area contributed by atoms with Gasteiger partial charge < -0.3 is 9.72 Å². The number of nitrogens with one attached hydrogen (secondary N) is 1. The summed E-state index contributed by atoms with van der Waals surface area (Å²) in [6.45, 7) is 0. The van der Waals surface area contributed by atoms with E-state index in [0.717, 1.165) is 0 Å². The van der Waals surface area contributed by atoms with E-state index in [1.54, 1.807) is 18.2 Å². The topological polar surface area (TPSA) is 37.9 Å². The summed E-state index contributed by atoms with van der Waals surface area (Å²) in [5, 5.41) is 0. The number of imidazole rings is 1. The van der Waals surface area contributed by atoms with Crippen LogP contribution in [0.5, 0.6) is 5.75 Å². The van der Waals surface area contributed by atoms with Crippen molar-refractivity contribution < 1.29 is 17.9 Å². The summed E-state index contributed by atoms with van der Waals surface area (Å²) in [5.74, 6) is 0.491. The van der Waals surface area contributed by atoms with Gasteiger partial charge in [0.1, 0.15) is 18.0 Å². The highest BCUT2D eigenvalue weighted by molar-refractivity contribution is 5.76.